The van der Waals surface area contributed by atoms with Gasteiger partial charge in [0.15, 0.2) is 0 Å². The van der Waals surface area contributed by atoms with Crippen LogP contribution in [0.4, 0.5) is 5.69 Å². The lowest BCUT2D eigenvalue weighted by Gasteiger charge is -2.26. The van der Waals surface area contributed by atoms with E-state index in [0.29, 0.717) is 29.5 Å². The summed E-state index contributed by atoms with van der Waals surface area (Å²) in [5.74, 6) is -0.510. The third kappa shape index (κ3) is 4.28. The number of halogens is 2. The molecule has 3 rings (SSSR count). The molecule has 2 aromatic carbocycles. The van der Waals surface area contributed by atoms with Crippen LogP contribution in [0.25, 0.3) is 0 Å². The summed E-state index contributed by atoms with van der Waals surface area (Å²) in [6.45, 7) is 3.00. The fourth-order valence-corrected chi connectivity index (χ4v) is 4.52. The molecule has 1 heterocycles. The number of carbonyl (C=O) groups is 1. The number of nitrogens with zero attached hydrogens (tertiary/aromatic N) is 1. The number of nitrogens with one attached hydrogen (secondary N) is 1. The van der Waals surface area contributed by atoms with E-state index in [2.05, 4.69) is 5.32 Å². The number of hydrogen-bond acceptors (Lipinski definition) is 4. The summed E-state index contributed by atoms with van der Waals surface area (Å²) in [7, 11) is -3.73. The summed E-state index contributed by atoms with van der Waals surface area (Å²) in [5.41, 5.74) is 1.32. The molecule has 1 fully saturated rings. The second kappa shape index (κ2) is 8.16. The SMILES string of the molecule is Cc1c(Cl)cccc1NC(=O)c1cc(S(=O)(=O)N2CCOCC2)ccc1Cl. The number of morpholine rings is 1. The van der Waals surface area contributed by atoms with Crippen LogP contribution in [0, 0.1) is 6.92 Å². The monoisotopic (exact) mass is 428 g/mol. The Labute approximate surface area is 168 Å². The molecule has 0 saturated carbocycles. The number of rotatable bonds is 4. The standard InChI is InChI=1S/C18H18Cl2N2O4S/c1-12-15(19)3-2-4-17(12)21-18(23)14-11-13(5-6-16(14)20)27(24,25)22-7-9-26-10-8-22/h2-6,11H,7-10H2,1H3,(H,21,23). The first-order valence-electron chi connectivity index (χ1n) is 8.24. The van der Waals surface area contributed by atoms with Crippen molar-refractivity contribution in [3.8, 4) is 0 Å². The van der Waals surface area contributed by atoms with Gasteiger partial charge in [-0.05, 0) is 42.8 Å². The van der Waals surface area contributed by atoms with Gasteiger partial charge in [0, 0.05) is 23.8 Å². The van der Waals surface area contributed by atoms with E-state index in [1.807, 2.05) is 0 Å². The Morgan fingerprint density at radius 1 is 1.11 bits per heavy atom. The molecule has 1 aliphatic rings. The highest BCUT2D eigenvalue weighted by Crippen LogP contribution is 2.27. The normalized spacial score (nSPS) is 15.5. The molecule has 27 heavy (non-hydrogen) atoms. The fraction of sp³-hybridized carbons (Fsp3) is 0.278. The second-order valence-electron chi connectivity index (χ2n) is 6.02. The van der Waals surface area contributed by atoms with Crippen molar-refractivity contribution in [2.24, 2.45) is 0 Å². The van der Waals surface area contributed by atoms with Crippen molar-refractivity contribution in [3.05, 3.63) is 57.6 Å². The Kier molecular flexibility index (Phi) is 6.08. The smallest absolute Gasteiger partial charge is 0.257 e. The summed E-state index contributed by atoms with van der Waals surface area (Å²) in [6, 6.07) is 9.24. The molecule has 1 N–H and O–H groups in total. The van der Waals surface area contributed by atoms with Crippen molar-refractivity contribution < 1.29 is 17.9 Å². The third-order valence-corrected chi connectivity index (χ3v) is 6.94. The summed E-state index contributed by atoms with van der Waals surface area (Å²) < 4.78 is 32.1. The second-order valence-corrected chi connectivity index (χ2v) is 8.78. The molecule has 6 nitrogen and oxygen atoms in total. The molecule has 0 unspecified atom stereocenters. The number of ether oxygens (including phenoxy) is 1. The van der Waals surface area contributed by atoms with Crippen molar-refractivity contribution in [2.45, 2.75) is 11.8 Å². The van der Waals surface area contributed by atoms with Gasteiger partial charge in [-0.2, -0.15) is 4.31 Å². The first-order chi connectivity index (χ1) is 12.8. The summed E-state index contributed by atoms with van der Waals surface area (Å²) in [6.07, 6.45) is 0. The third-order valence-electron chi connectivity index (χ3n) is 4.31. The van der Waals surface area contributed by atoms with Gasteiger partial charge in [-0.15, -0.1) is 0 Å². The van der Waals surface area contributed by atoms with Crippen LogP contribution in [-0.4, -0.2) is 44.9 Å². The van der Waals surface area contributed by atoms with Gasteiger partial charge in [-0.25, -0.2) is 8.42 Å². The van der Waals surface area contributed by atoms with E-state index in [4.69, 9.17) is 27.9 Å². The van der Waals surface area contributed by atoms with Crippen LogP contribution >= 0.6 is 23.2 Å². The Balaban J connectivity index is 1.91. The summed E-state index contributed by atoms with van der Waals surface area (Å²) in [4.78, 5) is 12.7. The van der Waals surface area contributed by atoms with Gasteiger partial charge in [-0.3, -0.25) is 4.79 Å². The largest absolute Gasteiger partial charge is 0.379 e. The molecule has 0 radical (unpaired) electrons. The number of hydrogen-bond donors (Lipinski definition) is 1. The molecule has 2 aromatic rings. The van der Waals surface area contributed by atoms with E-state index >= 15 is 0 Å². The lowest BCUT2D eigenvalue weighted by molar-refractivity contribution is 0.0730. The van der Waals surface area contributed by atoms with Gasteiger partial charge in [0.25, 0.3) is 5.91 Å². The lowest BCUT2D eigenvalue weighted by Crippen LogP contribution is -2.40. The van der Waals surface area contributed by atoms with Gasteiger partial charge in [0.05, 0.1) is 28.7 Å². The zero-order chi connectivity index (χ0) is 19.6. The topological polar surface area (TPSA) is 75.7 Å². The van der Waals surface area contributed by atoms with E-state index in [1.165, 1.54) is 22.5 Å². The van der Waals surface area contributed by atoms with E-state index in [0.717, 1.165) is 0 Å². The van der Waals surface area contributed by atoms with Crippen LogP contribution in [0.2, 0.25) is 10.0 Å². The minimum absolute atomic E-state index is 0.0155. The van der Waals surface area contributed by atoms with Crippen LogP contribution in [0.3, 0.4) is 0 Å². The van der Waals surface area contributed by atoms with Crippen LogP contribution in [-0.2, 0) is 14.8 Å². The van der Waals surface area contributed by atoms with Gasteiger partial charge < -0.3 is 10.1 Å². The highest BCUT2D eigenvalue weighted by molar-refractivity contribution is 7.89. The van der Waals surface area contributed by atoms with Crippen molar-refractivity contribution in [2.75, 3.05) is 31.6 Å². The average Bonchev–Trinajstić information content (AvgIpc) is 2.66. The maximum Gasteiger partial charge on any atom is 0.257 e. The summed E-state index contributed by atoms with van der Waals surface area (Å²) >= 11 is 12.2. The molecule has 9 heteroatoms. The first kappa shape index (κ1) is 20.1. The lowest BCUT2D eigenvalue weighted by atomic mass is 10.1. The molecule has 0 spiro atoms. The van der Waals surface area contributed by atoms with Gasteiger partial charge >= 0.3 is 0 Å². The molecule has 0 atom stereocenters. The number of benzene rings is 2. The molecule has 1 saturated heterocycles. The van der Waals surface area contributed by atoms with Crippen LogP contribution in [0.5, 0.6) is 0 Å². The zero-order valence-electron chi connectivity index (χ0n) is 14.5. The Morgan fingerprint density at radius 2 is 1.81 bits per heavy atom. The van der Waals surface area contributed by atoms with E-state index in [-0.39, 0.29) is 28.6 Å². The zero-order valence-corrected chi connectivity index (χ0v) is 16.9. The van der Waals surface area contributed by atoms with Gasteiger partial charge in [-0.1, -0.05) is 29.3 Å². The minimum atomic E-state index is -3.73. The molecule has 1 aliphatic heterocycles. The van der Waals surface area contributed by atoms with Crippen molar-refractivity contribution in [1.82, 2.24) is 4.31 Å². The molecule has 0 bridgehead atoms. The van der Waals surface area contributed by atoms with E-state index in [1.54, 1.807) is 25.1 Å². The minimum Gasteiger partial charge on any atom is -0.379 e. The number of amides is 1. The van der Waals surface area contributed by atoms with Crippen molar-refractivity contribution in [3.63, 3.8) is 0 Å². The molecular formula is C18H18Cl2N2O4S. The average molecular weight is 429 g/mol. The molecule has 0 aliphatic carbocycles. The van der Waals surface area contributed by atoms with Gasteiger partial charge in [0.2, 0.25) is 10.0 Å². The number of anilines is 1. The summed E-state index contributed by atoms with van der Waals surface area (Å²) in [5, 5.41) is 3.41. The maximum absolute atomic E-state index is 12.8. The molecule has 144 valence electrons. The first-order valence-corrected chi connectivity index (χ1v) is 10.4. The highest BCUT2D eigenvalue weighted by atomic mass is 35.5. The quantitative estimate of drug-likeness (QED) is 0.807. The maximum atomic E-state index is 12.8. The predicted octanol–water partition coefficient (Wildman–Crippen LogP) is 3.58. The fourth-order valence-electron chi connectivity index (χ4n) is 2.71. The Bertz CT molecular complexity index is 973. The van der Waals surface area contributed by atoms with Crippen LogP contribution in [0.15, 0.2) is 41.3 Å². The number of carbonyl (C=O) groups excluding carboxylic acids is 1. The van der Waals surface area contributed by atoms with E-state index in [9.17, 15) is 13.2 Å². The predicted molar refractivity (Wildman–Crippen MR) is 105 cm³/mol. The Morgan fingerprint density at radius 3 is 2.52 bits per heavy atom. The van der Waals surface area contributed by atoms with Crippen molar-refractivity contribution in [1.29, 1.82) is 0 Å². The van der Waals surface area contributed by atoms with Gasteiger partial charge in [0.1, 0.15) is 0 Å². The molecule has 1 amide bonds. The molecular weight excluding hydrogens is 411 g/mol. The highest BCUT2D eigenvalue weighted by Gasteiger charge is 2.27. The van der Waals surface area contributed by atoms with E-state index < -0.39 is 15.9 Å². The number of sulfonamides is 1. The van der Waals surface area contributed by atoms with Crippen LogP contribution < -0.4 is 5.32 Å². The van der Waals surface area contributed by atoms with Crippen LogP contribution in [0.1, 0.15) is 15.9 Å². The van der Waals surface area contributed by atoms with Crippen molar-refractivity contribution >= 4 is 44.8 Å². The molecule has 0 aromatic heterocycles. The Hall–Kier alpha value is -1.64.